The number of pyridine rings is 1. The highest BCUT2D eigenvalue weighted by Gasteiger charge is 2.18. The van der Waals surface area contributed by atoms with Gasteiger partial charge in [-0.05, 0) is 35.9 Å². The second-order valence-corrected chi connectivity index (χ2v) is 4.66. The summed E-state index contributed by atoms with van der Waals surface area (Å²) in [4.78, 5) is 4.46. The van der Waals surface area contributed by atoms with Crippen molar-refractivity contribution in [1.82, 2.24) is 15.6 Å². The van der Waals surface area contributed by atoms with E-state index in [9.17, 15) is 4.39 Å². The zero-order chi connectivity index (χ0) is 13.1. The Labute approximate surface area is 111 Å². The lowest BCUT2D eigenvalue weighted by atomic mass is 9.99. The smallest absolute Gasteiger partial charge is 0.123 e. The third kappa shape index (κ3) is 2.64. The van der Waals surface area contributed by atoms with Crippen LogP contribution in [0.1, 0.15) is 11.6 Å². The first-order valence-electron chi connectivity index (χ1n) is 6.49. The molecule has 3 nitrogen and oxygen atoms in total. The Morgan fingerprint density at radius 1 is 1.11 bits per heavy atom. The molecule has 2 N–H and O–H groups in total. The fourth-order valence-corrected chi connectivity index (χ4v) is 2.42. The molecule has 0 spiro atoms. The van der Waals surface area contributed by atoms with Gasteiger partial charge in [-0.2, -0.15) is 0 Å². The molecule has 1 aromatic heterocycles. The molecule has 0 saturated carbocycles. The zero-order valence-corrected chi connectivity index (χ0v) is 10.6. The highest BCUT2D eigenvalue weighted by atomic mass is 19.1. The minimum absolute atomic E-state index is 0.223. The van der Waals surface area contributed by atoms with Crippen molar-refractivity contribution < 1.29 is 4.39 Å². The largest absolute Gasteiger partial charge is 0.314 e. The predicted molar refractivity (Wildman–Crippen MR) is 73.2 cm³/mol. The van der Waals surface area contributed by atoms with Crippen LogP contribution in [0.15, 0.2) is 42.6 Å². The molecule has 1 atom stereocenters. The summed E-state index contributed by atoms with van der Waals surface area (Å²) in [6, 6.07) is 10.8. The molecule has 0 radical (unpaired) electrons. The molecule has 19 heavy (non-hydrogen) atoms. The minimum atomic E-state index is -0.223. The number of piperazine rings is 1. The first kappa shape index (κ1) is 12.3. The van der Waals surface area contributed by atoms with E-state index in [2.05, 4.69) is 21.7 Å². The van der Waals surface area contributed by atoms with Gasteiger partial charge >= 0.3 is 0 Å². The minimum Gasteiger partial charge on any atom is -0.314 e. The van der Waals surface area contributed by atoms with Crippen LogP contribution in [0.4, 0.5) is 4.39 Å². The average Bonchev–Trinajstić information content (AvgIpc) is 2.49. The lowest BCUT2D eigenvalue weighted by Gasteiger charge is -2.26. The molecule has 1 fully saturated rings. The lowest BCUT2D eigenvalue weighted by Crippen LogP contribution is -2.42. The Kier molecular flexibility index (Phi) is 3.53. The van der Waals surface area contributed by atoms with Gasteiger partial charge in [-0.15, -0.1) is 0 Å². The Hall–Kier alpha value is -1.78. The standard InChI is InChI=1S/C15H16FN3/c16-12-5-3-11(4-6-12)15-13(2-1-7-19-15)14-10-17-8-9-18-14/h1-7,14,17-18H,8-10H2. The number of hydrogen-bond donors (Lipinski definition) is 2. The van der Waals surface area contributed by atoms with E-state index >= 15 is 0 Å². The molecule has 2 heterocycles. The first-order chi connectivity index (χ1) is 9.34. The topological polar surface area (TPSA) is 37.0 Å². The van der Waals surface area contributed by atoms with Gasteiger partial charge in [0.15, 0.2) is 0 Å². The van der Waals surface area contributed by atoms with E-state index in [4.69, 9.17) is 0 Å². The third-order valence-corrected chi connectivity index (χ3v) is 3.37. The van der Waals surface area contributed by atoms with E-state index in [1.54, 1.807) is 18.3 Å². The van der Waals surface area contributed by atoms with Crippen LogP contribution in [0.25, 0.3) is 11.3 Å². The predicted octanol–water partition coefficient (Wildman–Crippen LogP) is 2.12. The average molecular weight is 257 g/mol. The highest BCUT2D eigenvalue weighted by molar-refractivity contribution is 5.63. The summed E-state index contributed by atoms with van der Waals surface area (Å²) in [5, 5.41) is 6.85. The van der Waals surface area contributed by atoms with Crippen molar-refractivity contribution in [2.75, 3.05) is 19.6 Å². The highest BCUT2D eigenvalue weighted by Crippen LogP contribution is 2.26. The van der Waals surface area contributed by atoms with Crippen LogP contribution >= 0.6 is 0 Å². The van der Waals surface area contributed by atoms with Crippen LogP contribution < -0.4 is 10.6 Å². The molecule has 0 bridgehead atoms. The monoisotopic (exact) mass is 257 g/mol. The quantitative estimate of drug-likeness (QED) is 0.865. The molecule has 2 aromatic rings. The SMILES string of the molecule is Fc1ccc(-c2ncccc2C2CNCCN2)cc1. The summed E-state index contributed by atoms with van der Waals surface area (Å²) < 4.78 is 13.0. The van der Waals surface area contributed by atoms with Gasteiger partial charge in [0.2, 0.25) is 0 Å². The Morgan fingerprint density at radius 3 is 2.68 bits per heavy atom. The van der Waals surface area contributed by atoms with Crippen molar-refractivity contribution in [3.63, 3.8) is 0 Å². The second kappa shape index (κ2) is 5.47. The molecule has 0 aliphatic carbocycles. The van der Waals surface area contributed by atoms with Crippen LogP contribution in [0, 0.1) is 5.82 Å². The van der Waals surface area contributed by atoms with E-state index in [0.717, 1.165) is 36.5 Å². The first-order valence-corrected chi connectivity index (χ1v) is 6.49. The zero-order valence-electron chi connectivity index (χ0n) is 10.6. The van der Waals surface area contributed by atoms with E-state index in [1.165, 1.54) is 12.1 Å². The summed E-state index contributed by atoms with van der Waals surface area (Å²) in [5.41, 5.74) is 3.02. The fourth-order valence-electron chi connectivity index (χ4n) is 2.42. The number of nitrogens with zero attached hydrogens (tertiary/aromatic N) is 1. The molecule has 1 unspecified atom stereocenters. The lowest BCUT2D eigenvalue weighted by molar-refractivity contribution is 0.430. The molecule has 0 amide bonds. The number of hydrogen-bond acceptors (Lipinski definition) is 3. The van der Waals surface area contributed by atoms with Gasteiger partial charge in [-0.25, -0.2) is 4.39 Å². The Bertz CT molecular complexity index is 548. The Morgan fingerprint density at radius 2 is 1.95 bits per heavy atom. The summed E-state index contributed by atoms with van der Waals surface area (Å²) in [5.74, 6) is -0.223. The Balaban J connectivity index is 1.98. The van der Waals surface area contributed by atoms with Crippen LogP contribution in [-0.2, 0) is 0 Å². The molecule has 1 saturated heterocycles. The maximum atomic E-state index is 13.0. The van der Waals surface area contributed by atoms with Crippen LogP contribution in [0.3, 0.4) is 0 Å². The van der Waals surface area contributed by atoms with Crippen molar-refractivity contribution in [2.45, 2.75) is 6.04 Å². The van der Waals surface area contributed by atoms with Crippen molar-refractivity contribution in [2.24, 2.45) is 0 Å². The van der Waals surface area contributed by atoms with Gasteiger partial charge in [0, 0.05) is 37.4 Å². The molecule has 1 aliphatic rings. The van der Waals surface area contributed by atoms with Gasteiger partial charge in [0.25, 0.3) is 0 Å². The van der Waals surface area contributed by atoms with Gasteiger partial charge in [0.05, 0.1) is 5.69 Å². The molecule has 1 aliphatic heterocycles. The normalized spacial score (nSPS) is 19.3. The van der Waals surface area contributed by atoms with E-state index in [-0.39, 0.29) is 11.9 Å². The summed E-state index contributed by atoms with van der Waals surface area (Å²) in [6.07, 6.45) is 1.78. The van der Waals surface area contributed by atoms with Crippen molar-refractivity contribution >= 4 is 0 Å². The van der Waals surface area contributed by atoms with Crippen molar-refractivity contribution in [3.8, 4) is 11.3 Å². The number of rotatable bonds is 2. The molecule has 4 heteroatoms. The van der Waals surface area contributed by atoms with Crippen LogP contribution in [0.2, 0.25) is 0 Å². The van der Waals surface area contributed by atoms with Crippen molar-refractivity contribution in [3.05, 3.63) is 54.0 Å². The van der Waals surface area contributed by atoms with Gasteiger partial charge < -0.3 is 10.6 Å². The summed E-state index contributed by atoms with van der Waals surface area (Å²) >= 11 is 0. The molecular weight excluding hydrogens is 241 g/mol. The van der Waals surface area contributed by atoms with Crippen LogP contribution in [0.5, 0.6) is 0 Å². The third-order valence-electron chi connectivity index (χ3n) is 3.37. The van der Waals surface area contributed by atoms with Gasteiger partial charge in [-0.3, -0.25) is 4.98 Å². The van der Waals surface area contributed by atoms with E-state index < -0.39 is 0 Å². The fraction of sp³-hybridized carbons (Fsp3) is 0.267. The van der Waals surface area contributed by atoms with Gasteiger partial charge in [-0.1, -0.05) is 6.07 Å². The van der Waals surface area contributed by atoms with E-state index in [1.807, 2.05) is 6.07 Å². The van der Waals surface area contributed by atoms with Crippen LogP contribution in [-0.4, -0.2) is 24.6 Å². The second-order valence-electron chi connectivity index (χ2n) is 4.66. The molecule has 98 valence electrons. The number of benzene rings is 1. The molecule has 1 aromatic carbocycles. The molecule has 3 rings (SSSR count). The number of nitrogens with one attached hydrogen (secondary N) is 2. The molecular formula is C15H16FN3. The van der Waals surface area contributed by atoms with Gasteiger partial charge in [0.1, 0.15) is 5.82 Å². The van der Waals surface area contributed by atoms with E-state index in [0.29, 0.717) is 0 Å². The summed E-state index contributed by atoms with van der Waals surface area (Å²) in [6.45, 7) is 2.82. The number of halogens is 1. The maximum Gasteiger partial charge on any atom is 0.123 e. The number of aromatic nitrogens is 1. The summed E-state index contributed by atoms with van der Waals surface area (Å²) in [7, 11) is 0. The van der Waals surface area contributed by atoms with Crippen molar-refractivity contribution in [1.29, 1.82) is 0 Å². The maximum absolute atomic E-state index is 13.0.